The second kappa shape index (κ2) is 7.30. The van der Waals surface area contributed by atoms with Crippen LogP contribution in [-0.4, -0.2) is 5.97 Å². The van der Waals surface area contributed by atoms with Crippen LogP contribution >= 0.6 is 0 Å². The van der Waals surface area contributed by atoms with E-state index in [-0.39, 0.29) is 11.4 Å². The summed E-state index contributed by atoms with van der Waals surface area (Å²) < 4.78 is 5.44. The fraction of sp³-hybridized carbons (Fsp3) is 0.650. The maximum atomic E-state index is 12.1. The molecule has 1 aromatic carbocycles. The van der Waals surface area contributed by atoms with Crippen molar-refractivity contribution in [1.29, 1.82) is 0 Å². The zero-order valence-corrected chi connectivity index (χ0v) is 14.4. The number of carbonyl (C=O) groups excluding carboxylic acids is 1. The molecule has 0 aliphatic heterocycles. The number of hydrogen-bond acceptors (Lipinski definition) is 2. The molecule has 1 aliphatic carbocycles. The average Bonchev–Trinajstić information content (AvgIpc) is 2.52. The highest BCUT2D eigenvalue weighted by Crippen LogP contribution is 2.52. The molecule has 2 nitrogen and oxygen atoms in total. The fourth-order valence-corrected chi connectivity index (χ4v) is 3.76. The largest absolute Gasteiger partial charge is 0.461 e. The minimum atomic E-state index is -0.0574. The molecule has 2 heteroatoms. The van der Waals surface area contributed by atoms with Gasteiger partial charge in [-0.3, -0.25) is 4.79 Å². The molecule has 0 atom stereocenters. The van der Waals surface area contributed by atoms with Crippen molar-refractivity contribution in [2.75, 3.05) is 0 Å². The minimum absolute atomic E-state index is 0.0574. The van der Waals surface area contributed by atoms with E-state index in [1.807, 2.05) is 30.3 Å². The van der Waals surface area contributed by atoms with E-state index in [1.165, 1.54) is 32.1 Å². The lowest BCUT2D eigenvalue weighted by molar-refractivity contribution is -0.146. The Morgan fingerprint density at radius 3 is 2.32 bits per heavy atom. The zero-order chi connectivity index (χ0) is 16.1. The molecule has 1 aliphatic rings. The lowest BCUT2D eigenvalue weighted by Gasteiger charge is -2.48. The van der Waals surface area contributed by atoms with Crippen molar-refractivity contribution in [1.82, 2.24) is 0 Å². The van der Waals surface area contributed by atoms with Gasteiger partial charge in [0.15, 0.2) is 0 Å². The molecule has 0 unspecified atom stereocenters. The summed E-state index contributed by atoms with van der Waals surface area (Å²) in [6.07, 6.45) is 7.96. The van der Waals surface area contributed by atoms with E-state index >= 15 is 0 Å². The number of hydrogen-bond donors (Lipinski definition) is 0. The molecule has 0 spiro atoms. The molecule has 1 saturated carbocycles. The van der Waals surface area contributed by atoms with E-state index in [0.29, 0.717) is 18.4 Å². The second-order valence-corrected chi connectivity index (χ2v) is 7.74. The Bertz CT molecular complexity index is 464. The Morgan fingerprint density at radius 1 is 1.09 bits per heavy atom. The maximum absolute atomic E-state index is 12.1. The summed E-state index contributed by atoms with van der Waals surface area (Å²) in [5.74, 6) is -0.0574. The Hall–Kier alpha value is -1.31. The third kappa shape index (κ3) is 4.34. The normalized spacial score (nSPS) is 18.0. The van der Waals surface area contributed by atoms with Gasteiger partial charge in [-0.15, -0.1) is 0 Å². The van der Waals surface area contributed by atoms with Gasteiger partial charge in [0, 0.05) is 6.42 Å². The van der Waals surface area contributed by atoms with E-state index in [1.54, 1.807) is 0 Å². The summed E-state index contributed by atoms with van der Waals surface area (Å²) in [6, 6.07) is 9.90. The van der Waals surface area contributed by atoms with Crippen LogP contribution in [0.15, 0.2) is 30.3 Å². The van der Waals surface area contributed by atoms with Crippen LogP contribution in [0.2, 0.25) is 0 Å². The number of carbonyl (C=O) groups is 1. The van der Waals surface area contributed by atoms with E-state index in [9.17, 15) is 4.79 Å². The molecule has 0 aromatic heterocycles. The van der Waals surface area contributed by atoms with Gasteiger partial charge in [-0.25, -0.2) is 0 Å². The Morgan fingerprint density at radius 2 is 1.73 bits per heavy atom. The second-order valence-electron chi connectivity index (χ2n) is 7.74. The third-order valence-electron chi connectivity index (χ3n) is 5.45. The summed E-state index contributed by atoms with van der Waals surface area (Å²) >= 11 is 0. The van der Waals surface area contributed by atoms with Gasteiger partial charge in [0.05, 0.1) is 0 Å². The summed E-state index contributed by atoms with van der Waals surface area (Å²) in [4.78, 5) is 12.1. The van der Waals surface area contributed by atoms with Crippen LogP contribution in [0.4, 0.5) is 0 Å². The van der Waals surface area contributed by atoms with Crippen molar-refractivity contribution < 1.29 is 9.53 Å². The first kappa shape index (κ1) is 17.1. The van der Waals surface area contributed by atoms with Crippen LogP contribution in [0, 0.1) is 10.8 Å². The van der Waals surface area contributed by atoms with Gasteiger partial charge in [0.25, 0.3) is 0 Å². The van der Waals surface area contributed by atoms with Crippen LogP contribution in [-0.2, 0) is 16.1 Å². The van der Waals surface area contributed by atoms with E-state index in [0.717, 1.165) is 12.0 Å². The summed E-state index contributed by atoms with van der Waals surface area (Å²) in [5.41, 5.74) is 1.61. The SMILES string of the molecule is CC(C)(C)C1(CCC(=O)OCc2ccccc2)CCCCC1. The molecule has 0 heterocycles. The standard InChI is InChI=1S/C20H30O2/c1-19(2,3)20(13-8-5-9-14-20)15-12-18(21)22-16-17-10-6-4-7-11-17/h4,6-7,10-11H,5,8-9,12-16H2,1-3H3. The fourth-order valence-electron chi connectivity index (χ4n) is 3.76. The first-order valence-electron chi connectivity index (χ1n) is 8.63. The molecule has 0 radical (unpaired) electrons. The molecule has 1 fully saturated rings. The van der Waals surface area contributed by atoms with E-state index in [2.05, 4.69) is 20.8 Å². The van der Waals surface area contributed by atoms with Crippen molar-refractivity contribution in [3.8, 4) is 0 Å². The van der Waals surface area contributed by atoms with Crippen LogP contribution in [0.5, 0.6) is 0 Å². The van der Waals surface area contributed by atoms with Crippen LogP contribution in [0.1, 0.15) is 71.3 Å². The first-order chi connectivity index (χ1) is 10.4. The van der Waals surface area contributed by atoms with Crippen molar-refractivity contribution in [3.63, 3.8) is 0 Å². The molecular weight excluding hydrogens is 272 g/mol. The number of benzene rings is 1. The number of rotatable bonds is 5. The van der Waals surface area contributed by atoms with Crippen LogP contribution in [0.3, 0.4) is 0 Å². The lowest BCUT2D eigenvalue weighted by atomic mass is 9.57. The molecule has 0 saturated heterocycles. The average molecular weight is 302 g/mol. The number of esters is 1. The highest BCUT2D eigenvalue weighted by molar-refractivity contribution is 5.69. The zero-order valence-electron chi connectivity index (χ0n) is 14.4. The molecule has 0 N–H and O–H groups in total. The predicted molar refractivity (Wildman–Crippen MR) is 90.4 cm³/mol. The van der Waals surface area contributed by atoms with Crippen molar-refractivity contribution in [2.45, 2.75) is 72.3 Å². The van der Waals surface area contributed by atoms with Crippen molar-refractivity contribution in [2.24, 2.45) is 10.8 Å². The Labute approximate surface area is 135 Å². The molecule has 22 heavy (non-hydrogen) atoms. The van der Waals surface area contributed by atoms with Gasteiger partial charge in [-0.2, -0.15) is 0 Å². The topological polar surface area (TPSA) is 26.3 Å². The van der Waals surface area contributed by atoms with Crippen LogP contribution in [0.25, 0.3) is 0 Å². The van der Waals surface area contributed by atoms with Gasteiger partial charge in [0.2, 0.25) is 0 Å². The minimum Gasteiger partial charge on any atom is -0.461 e. The molecule has 2 rings (SSSR count). The number of ether oxygens (including phenoxy) is 1. The van der Waals surface area contributed by atoms with Gasteiger partial charge in [-0.1, -0.05) is 70.4 Å². The summed E-state index contributed by atoms with van der Waals surface area (Å²) in [5, 5.41) is 0. The summed E-state index contributed by atoms with van der Waals surface area (Å²) in [7, 11) is 0. The highest BCUT2D eigenvalue weighted by Gasteiger charge is 2.42. The first-order valence-corrected chi connectivity index (χ1v) is 8.63. The maximum Gasteiger partial charge on any atom is 0.306 e. The molecular formula is C20H30O2. The van der Waals surface area contributed by atoms with Gasteiger partial charge in [0.1, 0.15) is 6.61 Å². The lowest BCUT2D eigenvalue weighted by Crippen LogP contribution is -2.38. The molecule has 0 amide bonds. The Kier molecular flexibility index (Phi) is 5.66. The van der Waals surface area contributed by atoms with Crippen molar-refractivity contribution in [3.05, 3.63) is 35.9 Å². The highest BCUT2D eigenvalue weighted by atomic mass is 16.5. The van der Waals surface area contributed by atoms with Crippen LogP contribution < -0.4 is 0 Å². The van der Waals surface area contributed by atoms with Gasteiger partial charge >= 0.3 is 5.97 Å². The quantitative estimate of drug-likeness (QED) is 0.671. The third-order valence-corrected chi connectivity index (χ3v) is 5.45. The molecule has 0 bridgehead atoms. The van der Waals surface area contributed by atoms with Gasteiger partial charge < -0.3 is 4.74 Å². The predicted octanol–water partition coefficient (Wildman–Crippen LogP) is 5.51. The summed E-state index contributed by atoms with van der Waals surface area (Å²) in [6.45, 7) is 7.37. The van der Waals surface area contributed by atoms with Gasteiger partial charge in [-0.05, 0) is 35.7 Å². The smallest absolute Gasteiger partial charge is 0.306 e. The Balaban J connectivity index is 1.85. The van der Waals surface area contributed by atoms with Crippen molar-refractivity contribution >= 4 is 5.97 Å². The molecule has 122 valence electrons. The molecule has 1 aromatic rings. The van der Waals surface area contributed by atoms with E-state index < -0.39 is 0 Å². The van der Waals surface area contributed by atoms with E-state index in [4.69, 9.17) is 4.74 Å². The monoisotopic (exact) mass is 302 g/mol.